The van der Waals surface area contributed by atoms with Gasteiger partial charge in [0.25, 0.3) is 0 Å². The Morgan fingerprint density at radius 3 is 2.89 bits per heavy atom. The predicted octanol–water partition coefficient (Wildman–Crippen LogP) is 2.92. The van der Waals surface area contributed by atoms with Gasteiger partial charge in [-0.2, -0.15) is 0 Å². The van der Waals surface area contributed by atoms with Gasteiger partial charge in [0.2, 0.25) is 0 Å². The molecular weight excluding hydrogens is 253 g/mol. The minimum atomic E-state index is -0.245. The van der Waals surface area contributed by atoms with E-state index in [0.717, 1.165) is 24.8 Å². The number of benzene rings is 1. The van der Waals surface area contributed by atoms with Crippen molar-refractivity contribution in [1.29, 1.82) is 0 Å². The third-order valence-electron chi connectivity index (χ3n) is 4.38. The highest BCUT2D eigenvalue weighted by atomic mass is 35.5. The Morgan fingerprint density at radius 1 is 1.44 bits per heavy atom. The quantitative estimate of drug-likeness (QED) is 0.916. The van der Waals surface area contributed by atoms with E-state index in [4.69, 9.17) is 22.1 Å². The molecule has 0 radical (unpaired) electrons. The van der Waals surface area contributed by atoms with Gasteiger partial charge in [-0.3, -0.25) is 0 Å². The van der Waals surface area contributed by atoms with Crippen LogP contribution in [0.2, 0.25) is 5.02 Å². The normalized spacial score (nSPS) is 34.2. The van der Waals surface area contributed by atoms with E-state index in [1.807, 2.05) is 0 Å². The van der Waals surface area contributed by atoms with E-state index >= 15 is 0 Å². The number of ether oxygens (including phenoxy) is 1. The smallest absolute Gasteiger partial charge is 0.123 e. The van der Waals surface area contributed by atoms with Crippen molar-refractivity contribution in [2.24, 2.45) is 11.1 Å². The van der Waals surface area contributed by atoms with Gasteiger partial charge in [-0.1, -0.05) is 11.6 Å². The molecule has 0 aliphatic carbocycles. The highest BCUT2D eigenvalue weighted by Crippen LogP contribution is 2.49. The third-order valence-corrected chi connectivity index (χ3v) is 4.75. The molecule has 4 heteroatoms. The lowest BCUT2D eigenvalue weighted by Gasteiger charge is -2.34. The Hall–Kier alpha value is -0.640. The fraction of sp³-hybridized carbons (Fsp3) is 0.571. The lowest BCUT2D eigenvalue weighted by Crippen LogP contribution is -2.41. The molecule has 2 heterocycles. The molecule has 2 saturated heterocycles. The molecule has 0 spiro atoms. The van der Waals surface area contributed by atoms with Gasteiger partial charge in [-0.05, 0) is 49.4 Å². The lowest BCUT2D eigenvalue weighted by atomic mass is 9.70. The Labute approximate surface area is 111 Å². The van der Waals surface area contributed by atoms with Crippen LogP contribution >= 0.6 is 11.6 Å². The Bertz CT molecular complexity index is 467. The number of hydrogen-bond donors (Lipinski definition) is 1. The number of nitrogens with two attached hydrogens (primary N) is 1. The SMILES string of the molecule is NCC1(Cc2cc(F)ccc2Cl)CC2CCC1O2. The van der Waals surface area contributed by atoms with Gasteiger partial charge < -0.3 is 10.5 Å². The maximum absolute atomic E-state index is 13.3. The molecule has 2 fully saturated rings. The first-order chi connectivity index (χ1) is 8.63. The molecule has 1 aromatic carbocycles. The zero-order chi connectivity index (χ0) is 12.8. The first kappa shape index (κ1) is 12.4. The standard InChI is InChI=1S/C14H17ClFNO/c15-12-3-1-10(16)5-9(12)6-14(8-17)7-11-2-4-13(14)18-11/h1,3,5,11,13H,2,4,6-8,17H2. The fourth-order valence-electron chi connectivity index (χ4n) is 3.42. The van der Waals surface area contributed by atoms with E-state index in [2.05, 4.69) is 0 Å². The molecule has 2 N–H and O–H groups in total. The van der Waals surface area contributed by atoms with Crippen LogP contribution in [0.3, 0.4) is 0 Å². The molecule has 98 valence electrons. The van der Waals surface area contributed by atoms with E-state index in [0.29, 0.717) is 24.1 Å². The largest absolute Gasteiger partial charge is 0.374 e. The first-order valence-corrected chi connectivity index (χ1v) is 6.80. The van der Waals surface area contributed by atoms with Crippen molar-refractivity contribution < 1.29 is 9.13 Å². The summed E-state index contributed by atoms with van der Waals surface area (Å²) in [6.45, 7) is 0.570. The van der Waals surface area contributed by atoms with Crippen LogP contribution in [0.15, 0.2) is 18.2 Å². The number of halogens is 2. The van der Waals surface area contributed by atoms with Crippen LogP contribution < -0.4 is 5.73 Å². The maximum Gasteiger partial charge on any atom is 0.123 e. The van der Waals surface area contributed by atoms with Crippen LogP contribution in [0.5, 0.6) is 0 Å². The second-order valence-electron chi connectivity index (χ2n) is 5.51. The van der Waals surface area contributed by atoms with Crippen LogP contribution in [0.25, 0.3) is 0 Å². The van der Waals surface area contributed by atoms with Gasteiger partial charge in [0.15, 0.2) is 0 Å². The fourth-order valence-corrected chi connectivity index (χ4v) is 3.61. The number of hydrogen-bond acceptors (Lipinski definition) is 2. The van der Waals surface area contributed by atoms with Gasteiger partial charge in [0.1, 0.15) is 5.82 Å². The summed E-state index contributed by atoms with van der Waals surface area (Å²) < 4.78 is 19.2. The van der Waals surface area contributed by atoms with Gasteiger partial charge >= 0.3 is 0 Å². The summed E-state index contributed by atoms with van der Waals surface area (Å²) in [5, 5.41) is 0.618. The molecule has 3 rings (SSSR count). The minimum absolute atomic E-state index is 0.0552. The van der Waals surface area contributed by atoms with Crippen molar-refractivity contribution in [1.82, 2.24) is 0 Å². The van der Waals surface area contributed by atoms with Crippen molar-refractivity contribution in [2.45, 2.75) is 37.9 Å². The molecule has 0 saturated carbocycles. The molecule has 2 aliphatic rings. The summed E-state index contributed by atoms with van der Waals surface area (Å²) in [6, 6.07) is 4.52. The molecule has 0 aromatic heterocycles. The van der Waals surface area contributed by atoms with Crippen LogP contribution in [-0.2, 0) is 11.2 Å². The van der Waals surface area contributed by atoms with Crippen molar-refractivity contribution >= 4 is 11.6 Å². The predicted molar refractivity (Wildman–Crippen MR) is 69.1 cm³/mol. The summed E-state index contributed by atoms with van der Waals surface area (Å²) in [7, 11) is 0. The highest BCUT2D eigenvalue weighted by Gasteiger charge is 2.51. The number of rotatable bonds is 3. The molecule has 1 aromatic rings. The van der Waals surface area contributed by atoms with E-state index in [9.17, 15) is 4.39 Å². The van der Waals surface area contributed by atoms with Crippen LogP contribution in [-0.4, -0.2) is 18.8 Å². The van der Waals surface area contributed by atoms with Gasteiger partial charge in [-0.15, -0.1) is 0 Å². The Kier molecular flexibility index (Phi) is 3.08. The van der Waals surface area contributed by atoms with Crippen molar-refractivity contribution in [3.8, 4) is 0 Å². The maximum atomic E-state index is 13.3. The van der Waals surface area contributed by atoms with Gasteiger partial charge in [0.05, 0.1) is 12.2 Å². The summed E-state index contributed by atoms with van der Waals surface area (Å²) in [5.74, 6) is -0.245. The molecule has 18 heavy (non-hydrogen) atoms. The second kappa shape index (κ2) is 4.48. The van der Waals surface area contributed by atoms with Crippen molar-refractivity contribution in [2.75, 3.05) is 6.54 Å². The molecular formula is C14H17ClFNO. The molecule has 3 atom stereocenters. The minimum Gasteiger partial charge on any atom is -0.374 e. The molecule has 3 unspecified atom stereocenters. The van der Waals surface area contributed by atoms with Crippen molar-refractivity contribution in [3.63, 3.8) is 0 Å². The van der Waals surface area contributed by atoms with Gasteiger partial charge in [0, 0.05) is 17.0 Å². The first-order valence-electron chi connectivity index (χ1n) is 6.42. The Morgan fingerprint density at radius 2 is 2.28 bits per heavy atom. The van der Waals surface area contributed by atoms with E-state index in [-0.39, 0.29) is 17.3 Å². The molecule has 2 nitrogen and oxygen atoms in total. The highest BCUT2D eigenvalue weighted by molar-refractivity contribution is 6.31. The monoisotopic (exact) mass is 269 g/mol. The van der Waals surface area contributed by atoms with Crippen LogP contribution in [0.4, 0.5) is 4.39 Å². The lowest BCUT2D eigenvalue weighted by molar-refractivity contribution is 0.0636. The summed E-state index contributed by atoms with van der Waals surface area (Å²) in [4.78, 5) is 0. The third kappa shape index (κ3) is 1.94. The molecule has 2 bridgehead atoms. The van der Waals surface area contributed by atoms with Crippen molar-refractivity contribution in [3.05, 3.63) is 34.6 Å². The van der Waals surface area contributed by atoms with E-state index in [1.54, 1.807) is 6.07 Å². The van der Waals surface area contributed by atoms with Crippen LogP contribution in [0.1, 0.15) is 24.8 Å². The zero-order valence-electron chi connectivity index (χ0n) is 10.2. The van der Waals surface area contributed by atoms with E-state index < -0.39 is 0 Å². The zero-order valence-corrected chi connectivity index (χ0v) is 10.9. The summed E-state index contributed by atoms with van der Waals surface area (Å²) in [6.07, 6.45) is 4.43. The average Bonchev–Trinajstić information content (AvgIpc) is 2.94. The number of fused-ring (bicyclic) bond motifs is 2. The second-order valence-corrected chi connectivity index (χ2v) is 5.91. The van der Waals surface area contributed by atoms with Crippen LogP contribution in [0, 0.1) is 11.2 Å². The Balaban J connectivity index is 1.88. The molecule has 2 aliphatic heterocycles. The van der Waals surface area contributed by atoms with E-state index in [1.165, 1.54) is 12.1 Å². The summed E-state index contributed by atoms with van der Waals surface area (Å²) >= 11 is 6.15. The average molecular weight is 270 g/mol. The van der Waals surface area contributed by atoms with Gasteiger partial charge in [-0.25, -0.2) is 4.39 Å². The topological polar surface area (TPSA) is 35.2 Å². The molecule has 0 amide bonds. The summed E-state index contributed by atoms with van der Waals surface area (Å²) in [5.41, 5.74) is 6.76.